The van der Waals surface area contributed by atoms with Crippen LogP contribution in [0.1, 0.15) is 16.7 Å². The molecule has 0 saturated carbocycles. The summed E-state index contributed by atoms with van der Waals surface area (Å²) in [6.07, 6.45) is 1.69. The Bertz CT molecular complexity index is 1180. The standard InChI is InChI=1S/C25H20ClNO4S/c1-30-21-12-11-18(13-22(21)31-16-19-9-5-6-10-20(19)26)14-23-24(28)27(25(29)32-23)15-17-7-3-2-4-8-17/h2-14H,15-16H2,1H3/b23-14-. The van der Waals surface area contributed by atoms with Crippen LogP contribution in [0.4, 0.5) is 4.79 Å². The van der Waals surface area contributed by atoms with Gasteiger partial charge in [-0.15, -0.1) is 0 Å². The Labute approximate surface area is 195 Å². The molecule has 32 heavy (non-hydrogen) atoms. The Balaban J connectivity index is 1.53. The van der Waals surface area contributed by atoms with Crippen molar-refractivity contribution in [2.75, 3.05) is 7.11 Å². The summed E-state index contributed by atoms with van der Waals surface area (Å²) in [7, 11) is 1.56. The van der Waals surface area contributed by atoms with Gasteiger partial charge in [-0.05, 0) is 47.2 Å². The van der Waals surface area contributed by atoms with Gasteiger partial charge >= 0.3 is 0 Å². The highest BCUT2D eigenvalue weighted by molar-refractivity contribution is 8.18. The molecule has 0 radical (unpaired) electrons. The summed E-state index contributed by atoms with van der Waals surface area (Å²) in [6.45, 7) is 0.519. The molecule has 2 amide bonds. The number of hydrogen-bond acceptors (Lipinski definition) is 5. The molecule has 0 N–H and O–H groups in total. The molecule has 0 unspecified atom stereocenters. The van der Waals surface area contributed by atoms with E-state index >= 15 is 0 Å². The third-order valence-corrected chi connectivity index (χ3v) is 6.16. The highest BCUT2D eigenvalue weighted by atomic mass is 35.5. The quantitative estimate of drug-likeness (QED) is 0.391. The van der Waals surface area contributed by atoms with Crippen LogP contribution in [-0.4, -0.2) is 23.2 Å². The number of benzene rings is 3. The first-order chi connectivity index (χ1) is 15.5. The van der Waals surface area contributed by atoms with Crippen molar-refractivity contribution in [3.8, 4) is 11.5 Å². The van der Waals surface area contributed by atoms with Gasteiger partial charge in [-0.25, -0.2) is 0 Å². The zero-order valence-electron chi connectivity index (χ0n) is 17.3. The second kappa shape index (κ2) is 9.94. The lowest BCUT2D eigenvalue weighted by Gasteiger charge is -2.13. The number of carbonyl (C=O) groups excluding carboxylic acids is 2. The molecule has 4 rings (SSSR count). The van der Waals surface area contributed by atoms with Crippen LogP contribution in [0.25, 0.3) is 6.08 Å². The minimum atomic E-state index is -0.307. The summed E-state index contributed by atoms with van der Waals surface area (Å²) in [5, 5.41) is 0.337. The summed E-state index contributed by atoms with van der Waals surface area (Å²) in [4.78, 5) is 26.9. The van der Waals surface area contributed by atoms with Crippen molar-refractivity contribution in [2.45, 2.75) is 13.2 Å². The van der Waals surface area contributed by atoms with E-state index in [9.17, 15) is 9.59 Å². The summed E-state index contributed by atoms with van der Waals surface area (Å²) in [6, 6.07) is 22.2. The predicted molar refractivity (Wildman–Crippen MR) is 127 cm³/mol. The maximum Gasteiger partial charge on any atom is 0.293 e. The highest BCUT2D eigenvalue weighted by Crippen LogP contribution is 2.35. The molecule has 1 saturated heterocycles. The topological polar surface area (TPSA) is 55.8 Å². The van der Waals surface area contributed by atoms with Gasteiger partial charge in [-0.1, -0.05) is 66.2 Å². The number of imide groups is 1. The van der Waals surface area contributed by atoms with E-state index in [1.807, 2.05) is 54.6 Å². The lowest BCUT2D eigenvalue weighted by Crippen LogP contribution is -2.27. The Morgan fingerprint density at radius 2 is 1.72 bits per heavy atom. The first-order valence-corrected chi connectivity index (χ1v) is 11.1. The van der Waals surface area contributed by atoms with Crippen molar-refractivity contribution in [3.63, 3.8) is 0 Å². The molecule has 162 valence electrons. The maximum atomic E-state index is 12.8. The van der Waals surface area contributed by atoms with Crippen molar-refractivity contribution in [1.82, 2.24) is 4.90 Å². The zero-order valence-corrected chi connectivity index (χ0v) is 18.9. The van der Waals surface area contributed by atoms with Gasteiger partial charge in [0.15, 0.2) is 11.5 Å². The Morgan fingerprint density at radius 3 is 2.47 bits per heavy atom. The van der Waals surface area contributed by atoms with E-state index in [1.165, 1.54) is 4.90 Å². The van der Waals surface area contributed by atoms with Crippen LogP contribution >= 0.6 is 23.4 Å². The van der Waals surface area contributed by atoms with E-state index in [1.54, 1.807) is 31.4 Å². The first kappa shape index (κ1) is 22.0. The summed E-state index contributed by atoms with van der Waals surface area (Å²) in [5.41, 5.74) is 2.48. The number of thioether (sulfide) groups is 1. The number of carbonyl (C=O) groups is 2. The van der Waals surface area contributed by atoms with Crippen molar-refractivity contribution in [2.24, 2.45) is 0 Å². The number of rotatable bonds is 7. The second-order valence-electron chi connectivity index (χ2n) is 7.04. The molecular weight excluding hydrogens is 446 g/mol. The van der Waals surface area contributed by atoms with E-state index in [-0.39, 0.29) is 24.3 Å². The fraction of sp³-hybridized carbons (Fsp3) is 0.120. The minimum absolute atomic E-state index is 0.248. The molecule has 3 aromatic rings. The molecule has 0 spiro atoms. The van der Waals surface area contributed by atoms with Crippen LogP contribution < -0.4 is 9.47 Å². The van der Waals surface area contributed by atoms with Gasteiger partial charge in [0, 0.05) is 10.6 Å². The van der Waals surface area contributed by atoms with Crippen LogP contribution in [-0.2, 0) is 17.9 Å². The van der Waals surface area contributed by atoms with Crippen molar-refractivity contribution >= 4 is 40.6 Å². The first-order valence-electron chi connectivity index (χ1n) is 9.88. The summed E-state index contributed by atoms with van der Waals surface area (Å²) >= 11 is 7.15. The molecule has 0 bridgehead atoms. The van der Waals surface area contributed by atoms with Crippen LogP contribution in [0.2, 0.25) is 5.02 Å². The average Bonchev–Trinajstić information content (AvgIpc) is 3.06. The van der Waals surface area contributed by atoms with Gasteiger partial charge in [0.05, 0.1) is 18.6 Å². The number of ether oxygens (including phenoxy) is 2. The SMILES string of the molecule is COc1ccc(/C=C2\SC(=O)N(Cc3ccccc3)C2=O)cc1OCc1ccccc1Cl. The van der Waals surface area contributed by atoms with Gasteiger partial charge in [-0.2, -0.15) is 0 Å². The number of nitrogens with zero attached hydrogens (tertiary/aromatic N) is 1. The molecule has 0 aliphatic carbocycles. The van der Waals surface area contributed by atoms with Crippen LogP contribution in [0.3, 0.4) is 0 Å². The smallest absolute Gasteiger partial charge is 0.293 e. The largest absolute Gasteiger partial charge is 0.493 e. The average molecular weight is 466 g/mol. The summed E-state index contributed by atoms with van der Waals surface area (Å²) in [5.74, 6) is 0.772. The monoisotopic (exact) mass is 465 g/mol. The van der Waals surface area contributed by atoms with E-state index in [2.05, 4.69) is 0 Å². The Hall–Kier alpha value is -3.22. The fourth-order valence-electron chi connectivity index (χ4n) is 3.22. The normalized spacial score (nSPS) is 14.8. The molecule has 1 fully saturated rings. The van der Waals surface area contributed by atoms with Gasteiger partial charge in [-0.3, -0.25) is 14.5 Å². The maximum absolute atomic E-state index is 12.8. The zero-order chi connectivity index (χ0) is 22.5. The summed E-state index contributed by atoms with van der Waals surface area (Å²) < 4.78 is 11.3. The third-order valence-electron chi connectivity index (χ3n) is 4.88. The van der Waals surface area contributed by atoms with E-state index in [0.29, 0.717) is 21.4 Å². The molecule has 7 heteroatoms. The van der Waals surface area contributed by atoms with Gasteiger partial charge in [0.25, 0.3) is 11.1 Å². The Kier molecular flexibility index (Phi) is 6.83. The van der Waals surface area contributed by atoms with Gasteiger partial charge < -0.3 is 9.47 Å². The van der Waals surface area contributed by atoms with Gasteiger partial charge in [0.1, 0.15) is 6.61 Å². The number of methoxy groups -OCH3 is 1. The van der Waals surface area contributed by atoms with E-state index in [4.69, 9.17) is 21.1 Å². The lowest BCUT2D eigenvalue weighted by atomic mass is 10.1. The molecule has 1 aliphatic rings. The molecule has 5 nitrogen and oxygen atoms in total. The highest BCUT2D eigenvalue weighted by Gasteiger charge is 2.35. The fourth-order valence-corrected chi connectivity index (χ4v) is 4.25. The molecule has 1 aliphatic heterocycles. The second-order valence-corrected chi connectivity index (χ2v) is 8.44. The molecule has 0 aromatic heterocycles. The minimum Gasteiger partial charge on any atom is -0.493 e. The van der Waals surface area contributed by atoms with Crippen molar-refractivity contribution in [1.29, 1.82) is 0 Å². The third kappa shape index (κ3) is 4.98. The van der Waals surface area contributed by atoms with Crippen LogP contribution in [0.5, 0.6) is 11.5 Å². The predicted octanol–water partition coefficient (Wildman–Crippen LogP) is 6.16. The number of halogens is 1. The molecule has 1 heterocycles. The number of hydrogen-bond donors (Lipinski definition) is 0. The van der Waals surface area contributed by atoms with Crippen LogP contribution in [0.15, 0.2) is 77.7 Å². The van der Waals surface area contributed by atoms with Crippen molar-refractivity contribution < 1.29 is 19.1 Å². The molecule has 0 atom stereocenters. The molecular formula is C25H20ClNO4S. The van der Waals surface area contributed by atoms with Crippen LogP contribution in [0, 0.1) is 0 Å². The van der Waals surface area contributed by atoms with E-state index in [0.717, 1.165) is 28.5 Å². The number of amides is 2. The lowest BCUT2D eigenvalue weighted by molar-refractivity contribution is -0.123. The van der Waals surface area contributed by atoms with Gasteiger partial charge in [0.2, 0.25) is 0 Å². The Morgan fingerprint density at radius 1 is 0.969 bits per heavy atom. The molecule has 3 aromatic carbocycles. The van der Waals surface area contributed by atoms with Crippen molar-refractivity contribution in [3.05, 3.63) is 99.4 Å². The van der Waals surface area contributed by atoms with E-state index < -0.39 is 0 Å².